The molecule has 0 aliphatic rings. The van der Waals surface area contributed by atoms with Gasteiger partial charge in [0.25, 0.3) is 0 Å². The summed E-state index contributed by atoms with van der Waals surface area (Å²) in [5, 5.41) is 2.18. The summed E-state index contributed by atoms with van der Waals surface area (Å²) in [5.41, 5.74) is 1.42. The van der Waals surface area contributed by atoms with Gasteiger partial charge in [-0.1, -0.05) is 36.8 Å². The first-order valence-electron chi connectivity index (χ1n) is 8.58. The van der Waals surface area contributed by atoms with Crippen LogP contribution in [0.3, 0.4) is 0 Å². The van der Waals surface area contributed by atoms with Crippen LogP contribution in [0.15, 0.2) is 36.4 Å². The van der Waals surface area contributed by atoms with Crippen molar-refractivity contribution in [3.8, 4) is 0 Å². The number of anilines is 1. The third-order valence-corrected chi connectivity index (χ3v) is 3.97. The molecule has 0 heterocycles. The Morgan fingerprint density at radius 2 is 1.67 bits per heavy atom. The van der Waals surface area contributed by atoms with Crippen LogP contribution in [0, 0.1) is 24.4 Å². The molecule has 0 aliphatic carbocycles. The van der Waals surface area contributed by atoms with Gasteiger partial charge in [0.05, 0.1) is 18.7 Å². The lowest BCUT2D eigenvalue weighted by atomic mass is 10.1. The number of amides is 2. The van der Waals surface area contributed by atoms with Crippen molar-refractivity contribution in [2.75, 3.05) is 18.4 Å². The molecule has 0 atom stereocenters. The molecule has 0 radical (unpaired) electrons. The molecular weight excluding hydrogens is 357 g/mol. The molecule has 7 heteroatoms. The normalized spacial score (nSPS) is 10.6. The van der Waals surface area contributed by atoms with Crippen LogP contribution in [0.2, 0.25) is 0 Å². The fourth-order valence-corrected chi connectivity index (χ4v) is 2.54. The number of carbonyl (C=O) groups is 2. The average molecular weight is 378 g/mol. The first-order valence-corrected chi connectivity index (χ1v) is 8.58. The Balaban J connectivity index is 2.04. The molecule has 144 valence electrons. The monoisotopic (exact) mass is 378 g/mol. The van der Waals surface area contributed by atoms with Gasteiger partial charge in [-0.2, -0.15) is 0 Å². The van der Waals surface area contributed by atoms with Gasteiger partial charge in [-0.25, -0.2) is 13.2 Å². The third-order valence-electron chi connectivity index (χ3n) is 3.97. The largest absolute Gasteiger partial charge is 0.333 e. The highest BCUT2D eigenvalue weighted by Crippen LogP contribution is 2.19. The molecule has 0 spiro atoms. The summed E-state index contributed by atoms with van der Waals surface area (Å²) in [4.78, 5) is 26.0. The lowest BCUT2D eigenvalue weighted by Gasteiger charge is -2.22. The zero-order chi connectivity index (χ0) is 20.0. The quantitative estimate of drug-likeness (QED) is 0.745. The molecular formula is C20H21F3N2O2. The molecule has 0 fully saturated rings. The predicted octanol–water partition coefficient (Wildman–Crippen LogP) is 3.83. The molecule has 1 N–H and O–H groups in total. The maximum atomic E-state index is 13.7. The summed E-state index contributed by atoms with van der Waals surface area (Å²) in [5.74, 6) is -5.41. The second-order valence-electron chi connectivity index (χ2n) is 6.25. The van der Waals surface area contributed by atoms with Gasteiger partial charge in [0.1, 0.15) is 0 Å². The summed E-state index contributed by atoms with van der Waals surface area (Å²) in [6.07, 6.45) is 0.763. The standard InChI is InChI=1S/C20H21F3N2O2/c1-3-10-25(18(27)11-14-6-4-13(2)5-7-14)12-17(26)24-16-9-8-15(21)19(22)20(16)23/h4-9H,3,10-12H2,1-2H3,(H,24,26). The lowest BCUT2D eigenvalue weighted by Crippen LogP contribution is -2.39. The van der Waals surface area contributed by atoms with Gasteiger partial charge in [0.2, 0.25) is 11.8 Å². The number of benzene rings is 2. The number of rotatable bonds is 7. The highest BCUT2D eigenvalue weighted by Gasteiger charge is 2.19. The van der Waals surface area contributed by atoms with Gasteiger partial charge >= 0.3 is 0 Å². The Hall–Kier alpha value is -2.83. The zero-order valence-electron chi connectivity index (χ0n) is 15.2. The van der Waals surface area contributed by atoms with Crippen molar-refractivity contribution in [1.82, 2.24) is 4.90 Å². The Morgan fingerprint density at radius 1 is 1.00 bits per heavy atom. The predicted molar refractivity (Wildman–Crippen MR) is 96.7 cm³/mol. The van der Waals surface area contributed by atoms with E-state index in [1.807, 2.05) is 38.1 Å². The summed E-state index contributed by atoms with van der Waals surface area (Å²) in [7, 11) is 0. The number of hydrogen-bond acceptors (Lipinski definition) is 2. The van der Waals surface area contributed by atoms with Crippen molar-refractivity contribution < 1.29 is 22.8 Å². The van der Waals surface area contributed by atoms with Crippen LogP contribution in [0.25, 0.3) is 0 Å². The maximum absolute atomic E-state index is 13.7. The molecule has 0 saturated carbocycles. The van der Waals surface area contributed by atoms with E-state index < -0.39 is 29.0 Å². The fraction of sp³-hybridized carbons (Fsp3) is 0.300. The minimum atomic E-state index is -1.66. The first kappa shape index (κ1) is 20.5. The highest BCUT2D eigenvalue weighted by atomic mass is 19.2. The number of aryl methyl sites for hydroxylation is 1. The smallest absolute Gasteiger partial charge is 0.244 e. The molecule has 2 aromatic carbocycles. The van der Waals surface area contributed by atoms with Crippen molar-refractivity contribution in [3.63, 3.8) is 0 Å². The lowest BCUT2D eigenvalue weighted by molar-refractivity contribution is -0.134. The Kier molecular flexibility index (Phi) is 6.98. The number of nitrogens with zero attached hydrogens (tertiary/aromatic N) is 1. The van der Waals surface area contributed by atoms with Gasteiger partial charge in [0, 0.05) is 6.54 Å². The van der Waals surface area contributed by atoms with Crippen LogP contribution in [-0.2, 0) is 16.0 Å². The topological polar surface area (TPSA) is 49.4 Å². The summed E-state index contributed by atoms with van der Waals surface area (Å²) in [6, 6.07) is 9.13. The van der Waals surface area contributed by atoms with Crippen LogP contribution < -0.4 is 5.32 Å². The van der Waals surface area contributed by atoms with E-state index >= 15 is 0 Å². The molecule has 2 amide bonds. The van der Waals surface area contributed by atoms with Gasteiger partial charge in [-0.3, -0.25) is 9.59 Å². The molecule has 4 nitrogen and oxygen atoms in total. The van der Waals surface area contributed by atoms with E-state index in [2.05, 4.69) is 5.32 Å². The number of nitrogens with one attached hydrogen (secondary N) is 1. The van der Waals surface area contributed by atoms with Gasteiger partial charge in [-0.15, -0.1) is 0 Å². The molecule has 0 saturated heterocycles. The second kappa shape index (κ2) is 9.21. The van der Waals surface area contributed by atoms with Crippen LogP contribution >= 0.6 is 0 Å². The summed E-state index contributed by atoms with van der Waals surface area (Å²) >= 11 is 0. The van der Waals surface area contributed by atoms with E-state index in [4.69, 9.17) is 0 Å². The van der Waals surface area contributed by atoms with Crippen molar-refractivity contribution in [1.29, 1.82) is 0 Å². The zero-order valence-corrected chi connectivity index (χ0v) is 15.2. The minimum absolute atomic E-state index is 0.132. The molecule has 0 unspecified atom stereocenters. The summed E-state index contributed by atoms with van der Waals surface area (Å²) < 4.78 is 39.9. The van der Waals surface area contributed by atoms with Crippen LogP contribution in [-0.4, -0.2) is 29.8 Å². The van der Waals surface area contributed by atoms with Crippen molar-refractivity contribution in [2.45, 2.75) is 26.7 Å². The van der Waals surface area contributed by atoms with Crippen molar-refractivity contribution >= 4 is 17.5 Å². The average Bonchev–Trinajstić information content (AvgIpc) is 2.63. The molecule has 2 aromatic rings. The molecule has 0 aromatic heterocycles. The Morgan fingerprint density at radius 3 is 2.30 bits per heavy atom. The molecule has 0 aliphatic heterocycles. The van der Waals surface area contributed by atoms with E-state index in [1.54, 1.807) is 0 Å². The van der Waals surface area contributed by atoms with Crippen molar-refractivity contribution in [2.24, 2.45) is 0 Å². The SMILES string of the molecule is CCCN(CC(=O)Nc1ccc(F)c(F)c1F)C(=O)Cc1ccc(C)cc1. The Bertz CT molecular complexity index is 823. The second-order valence-corrected chi connectivity index (χ2v) is 6.25. The summed E-state index contributed by atoms with van der Waals surface area (Å²) in [6.45, 7) is 3.84. The number of carbonyl (C=O) groups excluding carboxylic acids is 2. The van der Waals surface area contributed by atoms with Gasteiger partial charge in [0.15, 0.2) is 17.5 Å². The Labute approximate surface area is 156 Å². The van der Waals surface area contributed by atoms with E-state index in [0.29, 0.717) is 13.0 Å². The number of hydrogen-bond donors (Lipinski definition) is 1. The highest BCUT2D eigenvalue weighted by molar-refractivity contribution is 5.94. The minimum Gasteiger partial charge on any atom is -0.333 e. The number of halogens is 3. The van der Waals surface area contributed by atoms with Crippen LogP contribution in [0.5, 0.6) is 0 Å². The third kappa shape index (κ3) is 5.57. The van der Waals surface area contributed by atoms with Crippen LogP contribution in [0.1, 0.15) is 24.5 Å². The van der Waals surface area contributed by atoms with Crippen LogP contribution in [0.4, 0.5) is 18.9 Å². The van der Waals surface area contributed by atoms with E-state index in [1.165, 1.54) is 4.90 Å². The molecule has 2 rings (SSSR count). The van der Waals surface area contributed by atoms with Crippen molar-refractivity contribution in [3.05, 3.63) is 65.0 Å². The molecule has 27 heavy (non-hydrogen) atoms. The van der Waals surface area contributed by atoms with E-state index in [0.717, 1.165) is 23.3 Å². The van der Waals surface area contributed by atoms with Gasteiger partial charge < -0.3 is 10.2 Å². The van der Waals surface area contributed by atoms with Gasteiger partial charge in [-0.05, 0) is 31.0 Å². The molecule has 0 bridgehead atoms. The maximum Gasteiger partial charge on any atom is 0.244 e. The van der Waals surface area contributed by atoms with E-state index in [9.17, 15) is 22.8 Å². The van der Waals surface area contributed by atoms with E-state index in [-0.39, 0.29) is 18.9 Å². The fourth-order valence-electron chi connectivity index (χ4n) is 2.54. The first-order chi connectivity index (χ1) is 12.8.